The lowest BCUT2D eigenvalue weighted by molar-refractivity contribution is 0.415. The van der Waals surface area contributed by atoms with Crippen molar-refractivity contribution in [3.8, 4) is 5.75 Å². The van der Waals surface area contributed by atoms with Crippen molar-refractivity contribution in [2.75, 3.05) is 7.11 Å². The minimum absolute atomic E-state index is 0.207. The lowest BCUT2D eigenvalue weighted by Gasteiger charge is -2.16. The van der Waals surface area contributed by atoms with Gasteiger partial charge in [-0.2, -0.15) is 0 Å². The molecule has 2 aromatic rings. The largest absolute Gasteiger partial charge is 0.495 e. The maximum absolute atomic E-state index is 6.33. The van der Waals surface area contributed by atoms with Gasteiger partial charge in [0, 0.05) is 4.47 Å². The minimum Gasteiger partial charge on any atom is -0.495 e. The second kappa shape index (κ2) is 5.95. The molecule has 19 heavy (non-hydrogen) atoms. The average Bonchev–Trinajstić information content (AvgIpc) is 2.40. The maximum atomic E-state index is 6.33. The first kappa shape index (κ1) is 14.4. The first-order chi connectivity index (χ1) is 9.02. The van der Waals surface area contributed by atoms with E-state index < -0.39 is 0 Å². The highest BCUT2D eigenvalue weighted by atomic mass is 79.9. The first-order valence-corrected chi connectivity index (χ1v) is 7.05. The fourth-order valence-electron chi connectivity index (χ4n) is 2.00. The normalized spacial score (nSPS) is 12.3. The zero-order chi connectivity index (χ0) is 14.0. The van der Waals surface area contributed by atoms with Crippen molar-refractivity contribution < 1.29 is 4.74 Å². The van der Waals surface area contributed by atoms with Gasteiger partial charge in [0.05, 0.1) is 18.2 Å². The number of benzene rings is 2. The van der Waals surface area contributed by atoms with Crippen molar-refractivity contribution in [3.63, 3.8) is 0 Å². The molecule has 0 saturated carbocycles. The van der Waals surface area contributed by atoms with Crippen LogP contribution in [0.4, 0.5) is 0 Å². The SMILES string of the molecule is COc1ccc(C(N)c2cc(Br)ccc2C)cc1Cl. The molecule has 0 radical (unpaired) electrons. The number of methoxy groups -OCH3 is 1. The predicted molar refractivity (Wildman–Crippen MR) is 82.9 cm³/mol. The van der Waals surface area contributed by atoms with Crippen LogP contribution in [0.3, 0.4) is 0 Å². The Kier molecular flexibility index (Phi) is 4.50. The van der Waals surface area contributed by atoms with E-state index in [-0.39, 0.29) is 6.04 Å². The zero-order valence-electron chi connectivity index (χ0n) is 10.8. The van der Waals surface area contributed by atoms with Gasteiger partial charge in [0.2, 0.25) is 0 Å². The molecule has 0 heterocycles. The molecule has 0 bridgehead atoms. The van der Waals surface area contributed by atoms with E-state index in [1.54, 1.807) is 7.11 Å². The van der Waals surface area contributed by atoms with E-state index in [9.17, 15) is 0 Å². The summed E-state index contributed by atoms with van der Waals surface area (Å²) in [7, 11) is 1.60. The quantitative estimate of drug-likeness (QED) is 0.895. The summed E-state index contributed by atoms with van der Waals surface area (Å²) < 4.78 is 6.16. The van der Waals surface area contributed by atoms with Crippen LogP contribution < -0.4 is 10.5 Å². The molecule has 0 aliphatic heterocycles. The molecule has 0 aliphatic carbocycles. The summed E-state index contributed by atoms with van der Waals surface area (Å²) in [5.41, 5.74) is 9.53. The molecule has 100 valence electrons. The average molecular weight is 341 g/mol. The minimum atomic E-state index is -0.207. The summed E-state index contributed by atoms with van der Waals surface area (Å²) in [4.78, 5) is 0. The lowest BCUT2D eigenvalue weighted by atomic mass is 9.96. The van der Waals surface area contributed by atoms with Crippen LogP contribution in [0, 0.1) is 6.92 Å². The Labute approximate surface area is 126 Å². The van der Waals surface area contributed by atoms with Gasteiger partial charge in [-0.1, -0.05) is 39.7 Å². The molecule has 2 aromatic carbocycles. The Balaban J connectivity index is 2.41. The number of hydrogen-bond acceptors (Lipinski definition) is 2. The number of ether oxygens (including phenoxy) is 1. The monoisotopic (exact) mass is 339 g/mol. The third kappa shape index (κ3) is 3.11. The van der Waals surface area contributed by atoms with E-state index in [1.807, 2.05) is 43.3 Å². The molecule has 0 aliphatic rings. The molecule has 1 atom stereocenters. The zero-order valence-corrected chi connectivity index (χ0v) is 13.1. The van der Waals surface area contributed by atoms with Gasteiger partial charge in [0.25, 0.3) is 0 Å². The van der Waals surface area contributed by atoms with Crippen LogP contribution in [0.1, 0.15) is 22.7 Å². The number of halogens is 2. The van der Waals surface area contributed by atoms with Crippen LogP contribution >= 0.6 is 27.5 Å². The van der Waals surface area contributed by atoms with Crippen molar-refractivity contribution in [1.29, 1.82) is 0 Å². The summed E-state index contributed by atoms with van der Waals surface area (Å²) in [6.45, 7) is 2.05. The lowest BCUT2D eigenvalue weighted by Crippen LogP contribution is -2.13. The molecule has 0 fully saturated rings. The van der Waals surface area contributed by atoms with E-state index in [4.69, 9.17) is 22.1 Å². The molecule has 0 amide bonds. The Hall–Kier alpha value is -1.03. The molecule has 0 aromatic heterocycles. The molecule has 2 rings (SSSR count). The second-order valence-corrected chi connectivity index (χ2v) is 5.70. The van der Waals surface area contributed by atoms with Crippen molar-refractivity contribution in [1.82, 2.24) is 0 Å². The molecule has 0 saturated heterocycles. The number of rotatable bonds is 3. The van der Waals surface area contributed by atoms with Crippen LogP contribution in [0.15, 0.2) is 40.9 Å². The fourth-order valence-corrected chi connectivity index (χ4v) is 2.65. The summed E-state index contributed by atoms with van der Waals surface area (Å²) >= 11 is 9.62. The Morgan fingerprint density at radius 1 is 1.21 bits per heavy atom. The Morgan fingerprint density at radius 2 is 1.95 bits per heavy atom. The molecular formula is C15H15BrClNO. The van der Waals surface area contributed by atoms with E-state index in [0.29, 0.717) is 10.8 Å². The third-order valence-corrected chi connectivity index (χ3v) is 3.90. The number of nitrogens with two attached hydrogens (primary N) is 1. The molecular weight excluding hydrogens is 326 g/mol. The van der Waals surface area contributed by atoms with E-state index in [1.165, 1.54) is 0 Å². The van der Waals surface area contributed by atoms with E-state index in [2.05, 4.69) is 15.9 Å². The van der Waals surface area contributed by atoms with Gasteiger partial charge in [-0.3, -0.25) is 0 Å². The summed E-state index contributed by atoms with van der Waals surface area (Å²) in [5.74, 6) is 0.656. The van der Waals surface area contributed by atoms with Gasteiger partial charge >= 0.3 is 0 Å². The first-order valence-electron chi connectivity index (χ1n) is 5.88. The highest BCUT2D eigenvalue weighted by Crippen LogP contribution is 2.31. The topological polar surface area (TPSA) is 35.2 Å². The van der Waals surface area contributed by atoms with E-state index in [0.717, 1.165) is 21.2 Å². The van der Waals surface area contributed by atoms with Crippen molar-refractivity contribution in [2.24, 2.45) is 5.73 Å². The number of hydrogen-bond donors (Lipinski definition) is 1. The maximum Gasteiger partial charge on any atom is 0.137 e. The van der Waals surface area contributed by atoms with Crippen LogP contribution in [0.2, 0.25) is 5.02 Å². The summed E-state index contributed by atoms with van der Waals surface area (Å²) in [5, 5.41) is 0.572. The number of aryl methyl sites for hydroxylation is 1. The van der Waals surface area contributed by atoms with Crippen molar-refractivity contribution in [3.05, 3.63) is 62.6 Å². The van der Waals surface area contributed by atoms with Gasteiger partial charge in [-0.15, -0.1) is 0 Å². The molecule has 2 N–H and O–H groups in total. The highest BCUT2D eigenvalue weighted by Gasteiger charge is 2.13. The van der Waals surface area contributed by atoms with Crippen LogP contribution in [0.5, 0.6) is 5.75 Å². The third-order valence-electron chi connectivity index (χ3n) is 3.11. The summed E-state index contributed by atoms with van der Waals surface area (Å²) in [6.07, 6.45) is 0. The van der Waals surface area contributed by atoms with Gasteiger partial charge < -0.3 is 10.5 Å². The van der Waals surface area contributed by atoms with Gasteiger partial charge in [-0.05, 0) is 47.9 Å². The fraction of sp³-hybridized carbons (Fsp3) is 0.200. The van der Waals surface area contributed by atoms with Gasteiger partial charge in [-0.25, -0.2) is 0 Å². The van der Waals surface area contributed by atoms with Crippen LogP contribution in [-0.2, 0) is 0 Å². The van der Waals surface area contributed by atoms with Crippen LogP contribution in [-0.4, -0.2) is 7.11 Å². The molecule has 1 unspecified atom stereocenters. The van der Waals surface area contributed by atoms with Gasteiger partial charge in [0.1, 0.15) is 5.75 Å². The summed E-state index contributed by atoms with van der Waals surface area (Å²) in [6, 6.07) is 11.5. The Bertz CT molecular complexity index is 601. The Morgan fingerprint density at radius 3 is 2.58 bits per heavy atom. The highest BCUT2D eigenvalue weighted by molar-refractivity contribution is 9.10. The van der Waals surface area contributed by atoms with Gasteiger partial charge in [0.15, 0.2) is 0 Å². The predicted octanol–water partition coefficient (Wildman–Crippen LogP) is 4.47. The molecule has 2 nitrogen and oxygen atoms in total. The second-order valence-electron chi connectivity index (χ2n) is 4.37. The van der Waals surface area contributed by atoms with Crippen molar-refractivity contribution in [2.45, 2.75) is 13.0 Å². The van der Waals surface area contributed by atoms with Crippen LogP contribution in [0.25, 0.3) is 0 Å². The van der Waals surface area contributed by atoms with E-state index >= 15 is 0 Å². The standard InChI is InChI=1S/C15H15BrClNO/c1-9-3-5-11(16)8-12(9)15(18)10-4-6-14(19-2)13(17)7-10/h3-8,15H,18H2,1-2H3. The molecule has 4 heteroatoms. The smallest absolute Gasteiger partial charge is 0.137 e. The van der Waals surface area contributed by atoms with Crippen molar-refractivity contribution >= 4 is 27.5 Å². The molecule has 0 spiro atoms.